The minimum absolute atomic E-state index is 0.738. The van der Waals surface area contributed by atoms with Gasteiger partial charge in [-0.3, -0.25) is 0 Å². The van der Waals surface area contributed by atoms with Gasteiger partial charge < -0.3 is 5.32 Å². The lowest BCUT2D eigenvalue weighted by Gasteiger charge is -2.08. The van der Waals surface area contributed by atoms with Crippen LogP contribution in [0.5, 0.6) is 0 Å². The molecular weight excluding hydrogens is 248 g/mol. The van der Waals surface area contributed by atoms with Crippen LogP contribution in [0.4, 0.5) is 0 Å². The number of hydrogen-bond donors (Lipinski definition) is 1. The zero-order valence-electron chi connectivity index (χ0n) is 10.7. The highest BCUT2D eigenvalue weighted by molar-refractivity contribution is 6.33. The summed E-state index contributed by atoms with van der Waals surface area (Å²) < 4.78 is 1.89. The lowest BCUT2D eigenvalue weighted by Crippen LogP contribution is -2.05. The topological polar surface area (TPSA) is 42.7 Å². The van der Waals surface area contributed by atoms with Crippen molar-refractivity contribution in [1.29, 1.82) is 0 Å². The molecule has 4 nitrogen and oxygen atoms in total. The number of aryl methyl sites for hydroxylation is 1. The molecule has 1 heterocycles. The molecule has 18 heavy (non-hydrogen) atoms. The summed E-state index contributed by atoms with van der Waals surface area (Å²) in [6, 6.07) is 6.08. The Bertz CT molecular complexity index is 521. The van der Waals surface area contributed by atoms with Crippen molar-refractivity contribution in [2.24, 2.45) is 0 Å². The van der Waals surface area contributed by atoms with Crippen molar-refractivity contribution >= 4 is 11.6 Å². The maximum absolute atomic E-state index is 6.33. The SMILES string of the molecule is CCCn1nncc1-c1ccc(CNC)cc1Cl. The summed E-state index contributed by atoms with van der Waals surface area (Å²) in [5.41, 5.74) is 3.12. The Kier molecular flexibility index (Phi) is 4.33. The molecule has 1 aromatic heterocycles. The normalized spacial score (nSPS) is 10.8. The highest BCUT2D eigenvalue weighted by Gasteiger charge is 2.10. The summed E-state index contributed by atoms with van der Waals surface area (Å²) in [6.45, 7) is 3.78. The molecular formula is C13H17ClN4. The van der Waals surface area contributed by atoms with E-state index < -0.39 is 0 Å². The third-order valence-corrected chi connectivity index (χ3v) is 3.06. The molecule has 0 fully saturated rings. The Balaban J connectivity index is 2.35. The maximum Gasteiger partial charge on any atom is 0.0900 e. The van der Waals surface area contributed by atoms with Gasteiger partial charge in [0.15, 0.2) is 0 Å². The molecule has 5 heteroatoms. The molecule has 0 unspecified atom stereocenters. The number of halogens is 1. The van der Waals surface area contributed by atoms with Gasteiger partial charge in [0.2, 0.25) is 0 Å². The van der Waals surface area contributed by atoms with Crippen LogP contribution in [0.15, 0.2) is 24.4 Å². The van der Waals surface area contributed by atoms with Crippen molar-refractivity contribution in [3.63, 3.8) is 0 Å². The van der Waals surface area contributed by atoms with Gasteiger partial charge in [-0.05, 0) is 25.1 Å². The van der Waals surface area contributed by atoms with Crippen LogP contribution in [0, 0.1) is 0 Å². The summed E-state index contributed by atoms with van der Waals surface area (Å²) >= 11 is 6.33. The molecule has 0 atom stereocenters. The lowest BCUT2D eigenvalue weighted by molar-refractivity contribution is 0.584. The molecule has 0 aliphatic carbocycles. The average molecular weight is 265 g/mol. The lowest BCUT2D eigenvalue weighted by atomic mass is 10.1. The van der Waals surface area contributed by atoms with Gasteiger partial charge in [-0.2, -0.15) is 0 Å². The first-order valence-electron chi connectivity index (χ1n) is 6.08. The summed E-state index contributed by atoms with van der Waals surface area (Å²) in [6.07, 6.45) is 2.78. The Morgan fingerprint density at radius 3 is 2.89 bits per heavy atom. The van der Waals surface area contributed by atoms with E-state index in [1.165, 1.54) is 5.56 Å². The molecule has 0 bridgehead atoms. The van der Waals surface area contributed by atoms with Gasteiger partial charge in [-0.25, -0.2) is 4.68 Å². The number of benzene rings is 1. The van der Waals surface area contributed by atoms with Crippen LogP contribution in [0.25, 0.3) is 11.3 Å². The molecule has 2 aromatic rings. The molecule has 0 spiro atoms. The number of aromatic nitrogens is 3. The van der Waals surface area contributed by atoms with E-state index in [9.17, 15) is 0 Å². The molecule has 0 aliphatic rings. The van der Waals surface area contributed by atoms with Crippen molar-refractivity contribution in [1.82, 2.24) is 20.3 Å². The van der Waals surface area contributed by atoms with Gasteiger partial charge >= 0.3 is 0 Å². The number of nitrogens with one attached hydrogen (secondary N) is 1. The third kappa shape index (κ3) is 2.71. The first-order valence-corrected chi connectivity index (χ1v) is 6.46. The average Bonchev–Trinajstić information content (AvgIpc) is 2.78. The van der Waals surface area contributed by atoms with Crippen LogP contribution in [-0.2, 0) is 13.1 Å². The highest BCUT2D eigenvalue weighted by atomic mass is 35.5. The van der Waals surface area contributed by atoms with E-state index in [-0.39, 0.29) is 0 Å². The van der Waals surface area contributed by atoms with E-state index in [2.05, 4.69) is 28.6 Å². The van der Waals surface area contributed by atoms with Crippen molar-refractivity contribution in [2.45, 2.75) is 26.4 Å². The Morgan fingerprint density at radius 2 is 2.22 bits per heavy atom. The van der Waals surface area contributed by atoms with Gasteiger partial charge in [0, 0.05) is 18.7 Å². The molecule has 0 aliphatic heterocycles. The van der Waals surface area contributed by atoms with Crippen LogP contribution in [0.3, 0.4) is 0 Å². The van der Waals surface area contributed by atoms with Gasteiger partial charge in [-0.1, -0.05) is 35.9 Å². The van der Waals surface area contributed by atoms with Gasteiger partial charge in [0.25, 0.3) is 0 Å². The quantitative estimate of drug-likeness (QED) is 0.903. The van der Waals surface area contributed by atoms with Crippen LogP contribution in [-0.4, -0.2) is 22.0 Å². The van der Waals surface area contributed by atoms with Crippen molar-refractivity contribution in [3.05, 3.63) is 35.0 Å². The molecule has 0 saturated heterocycles. The molecule has 2 rings (SSSR count). The summed E-state index contributed by atoms with van der Waals surface area (Å²) in [5.74, 6) is 0. The number of rotatable bonds is 5. The number of hydrogen-bond acceptors (Lipinski definition) is 3. The van der Waals surface area contributed by atoms with Crippen molar-refractivity contribution < 1.29 is 0 Å². The predicted molar refractivity (Wildman–Crippen MR) is 73.5 cm³/mol. The Hall–Kier alpha value is -1.39. The fourth-order valence-electron chi connectivity index (χ4n) is 1.92. The second-order valence-corrected chi connectivity index (χ2v) is 4.59. The van der Waals surface area contributed by atoms with Crippen LogP contribution in [0.2, 0.25) is 5.02 Å². The Morgan fingerprint density at radius 1 is 1.39 bits per heavy atom. The van der Waals surface area contributed by atoms with E-state index in [1.54, 1.807) is 6.20 Å². The second-order valence-electron chi connectivity index (χ2n) is 4.19. The highest BCUT2D eigenvalue weighted by Crippen LogP contribution is 2.28. The van der Waals surface area contributed by atoms with E-state index in [4.69, 9.17) is 11.6 Å². The molecule has 1 N–H and O–H groups in total. The zero-order chi connectivity index (χ0) is 13.0. The summed E-state index contributed by atoms with van der Waals surface area (Å²) in [5, 5.41) is 11.9. The fraction of sp³-hybridized carbons (Fsp3) is 0.385. The first-order chi connectivity index (χ1) is 8.76. The summed E-state index contributed by atoms with van der Waals surface area (Å²) in [4.78, 5) is 0. The van der Waals surface area contributed by atoms with Crippen molar-refractivity contribution in [3.8, 4) is 11.3 Å². The van der Waals surface area contributed by atoms with Gasteiger partial charge in [0.1, 0.15) is 0 Å². The molecule has 1 aromatic carbocycles. The van der Waals surface area contributed by atoms with E-state index in [1.807, 2.05) is 23.9 Å². The van der Waals surface area contributed by atoms with Crippen molar-refractivity contribution in [2.75, 3.05) is 7.05 Å². The Labute approximate surface area is 112 Å². The molecule has 0 radical (unpaired) electrons. The molecule has 96 valence electrons. The van der Waals surface area contributed by atoms with Crippen LogP contribution >= 0.6 is 11.6 Å². The van der Waals surface area contributed by atoms with Gasteiger partial charge in [-0.15, -0.1) is 5.10 Å². The first kappa shape index (κ1) is 13.1. The second kappa shape index (κ2) is 5.98. The largest absolute Gasteiger partial charge is 0.316 e. The monoisotopic (exact) mass is 264 g/mol. The zero-order valence-corrected chi connectivity index (χ0v) is 11.4. The van der Waals surface area contributed by atoms with Crippen LogP contribution < -0.4 is 5.32 Å². The maximum atomic E-state index is 6.33. The fourth-order valence-corrected chi connectivity index (χ4v) is 2.22. The third-order valence-electron chi connectivity index (χ3n) is 2.74. The minimum atomic E-state index is 0.738. The minimum Gasteiger partial charge on any atom is -0.316 e. The van der Waals surface area contributed by atoms with E-state index in [0.717, 1.165) is 35.8 Å². The van der Waals surface area contributed by atoms with E-state index >= 15 is 0 Å². The molecule has 0 amide bonds. The summed E-state index contributed by atoms with van der Waals surface area (Å²) in [7, 11) is 1.92. The van der Waals surface area contributed by atoms with Gasteiger partial charge in [0.05, 0.1) is 16.9 Å². The number of nitrogens with zero attached hydrogens (tertiary/aromatic N) is 3. The standard InChI is InChI=1S/C13H17ClN4/c1-3-6-18-13(9-16-17-18)11-5-4-10(8-15-2)7-12(11)14/h4-5,7,9,15H,3,6,8H2,1-2H3. The van der Waals surface area contributed by atoms with E-state index in [0.29, 0.717) is 0 Å². The smallest absolute Gasteiger partial charge is 0.0900 e. The molecule has 0 saturated carbocycles. The van der Waals surface area contributed by atoms with Crippen LogP contribution in [0.1, 0.15) is 18.9 Å². The predicted octanol–water partition coefficient (Wildman–Crippen LogP) is 2.73.